The largest absolute Gasteiger partial charge is 0.489 e. The Morgan fingerprint density at radius 3 is 2.56 bits per heavy atom. The molecule has 3 N–H and O–H groups in total. The summed E-state index contributed by atoms with van der Waals surface area (Å²) in [6.07, 6.45) is 1.81. The fourth-order valence-corrected chi connectivity index (χ4v) is 2.61. The third-order valence-electron chi connectivity index (χ3n) is 3.63. The lowest BCUT2D eigenvalue weighted by atomic mass is 10.2. The maximum Gasteiger partial charge on any atom is 0.228 e. The van der Waals surface area contributed by atoms with Gasteiger partial charge in [0.15, 0.2) is 6.21 Å². The molecule has 6 heteroatoms. The monoisotopic (exact) mass is 396 g/mol. The van der Waals surface area contributed by atoms with Crippen LogP contribution in [0.1, 0.15) is 11.1 Å². The molecule has 3 aromatic rings. The second-order valence-corrected chi connectivity index (χ2v) is 6.57. The highest BCUT2D eigenvalue weighted by Gasteiger charge is 2.01. The minimum absolute atomic E-state index is 0.479. The second-order valence-electron chi connectivity index (χ2n) is 5.72. The van der Waals surface area contributed by atoms with Crippen molar-refractivity contribution in [1.82, 2.24) is 5.43 Å². The van der Waals surface area contributed by atoms with E-state index in [2.05, 4.69) is 15.8 Å². The van der Waals surface area contributed by atoms with Gasteiger partial charge in [0, 0.05) is 16.3 Å². The zero-order chi connectivity index (χ0) is 18.9. The number of anilines is 1. The summed E-state index contributed by atoms with van der Waals surface area (Å²) in [4.78, 5) is 0. The molecule has 0 spiro atoms. The maximum atomic E-state index is 5.89. The number of hydrogen-bond donors (Lipinski definition) is 3. The van der Waals surface area contributed by atoms with Gasteiger partial charge < -0.3 is 10.1 Å². The zero-order valence-corrected chi connectivity index (χ0v) is 16.1. The highest BCUT2D eigenvalue weighted by molar-refractivity contribution is 7.80. The fourth-order valence-electron chi connectivity index (χ4n) is 2.31. The predicted molar refractivity (Wildman–Crippen MR) is 114 cm³/mol. The van der Waals surface area contributed by atoms with Gasteiger partial charge in [-0.2, -0.15) is 0 Å². The number of nitrogens with one attached hydrogen (secondary N) is 3. The fraction of sp³-hybridized carbons (Fsp3) is 0.0476. The standard InChI is InChI=1S/C21H18ClN3OS/c22-18-11-9-16(10-12-18)15-26-20-8-4-5-17(13-20)14-23-25-21(27)24-19-6-2-1-3-7-19/h1-14H,15H2,(H2,24,25,27)/p+1. The second kappa shape index (κ2) is 9.71. The molecule has 136 valence electrons. The van der Waals surface area contributed by atoms with Gasteiger partial charge in [0.25, 0.3) is 0 Å². The van der Waals surface area contributed by atoms with Crippen molar-refractivity contribution in [3.63, 3.8) is 0 Å². The van der Waals surface area contributed by atoms with Crippen LogP contribution in [0.25, 0.3) is 0 Å². The molecule has 0 saturated carbocycles. The van der Waals surface area contributed by atoms with Gasteiger partial charge in [0.1, 0.15) is 12.4 Å². The average Bonchev–Trinajstić information content (AvgIpc) is 2.69. The zero-order valence-electron chi connectivity index (χ0n) is 14.5. The van der Waals surface area contributed by atoms with E-state index in [1.54, 1.807) is 0 Å². The summed E-state index contributed by atoms with van der Waals surface area (Å²) in [5.41, 5.74) is 5.87. The number of thiocarbonyl (C=S) groups is 1. The van der Waals surface area contributed by atoms with Crippen LogP contribution in [0.5, 0.6) is 5.75 Å². The number of para-hydroxylation sites is 1. The summed E-state index contributed by atoms with van der Waals surface area (Å²) >= 11 is 11.1. The molecule has 4 nitrogen and oxygen atoms in total. The number of hydrazine groups is 1. The summed E-state index contributed by atoms with van der Waals surface area (Å²) in [7, 11) is 0. The molecule has 0 saturated heterocycles. The SMILES string of the molecule is S=C(N[NH+]=Cc1cccc(OCc2ccc(Cl)cc2)c1)Nc1ccccc1. The van der Waals surface area contributed by atoms with E-state index < -0.39 is 0 Å². The highest BCUT2D eigenvalue weighted by atomic mass is 35.5. The number of rotatable bonds is 6. The van der Waals surface area contributed by atoms with Crippen LogP contribution in [0.4, 0.5) is 5.69 Å². The number of halogens is 1. The molecule has 0 aliphatic heterocycles. The number of hydrazone groups is 1. The van der Waals surface area contributed by atoms with Crippen LogP contribution >= 0.6 is 23.8 Å². The molecule has 3 rings (SSSR count). The Bertz CT molecular complexity index is 914. The third-order valence-corrected chi connectivity index (χ3v) is 4.09. The Morgan fingerprint density at radius 2 is 1.78 bits per heavy atom. The van der Waals surface area contributed by atoms with Gasteiger partial charge in [-0.15, -0.1) is 10.5 Å². The topological polar surface area (TPSA) is 47.3 Å². The molecule has 0 aliphatic carbocycles. The van der Waals surface area contributed by atoms with Gasteiger partial charge in [-0.25, -0.2) is 0 Å². The maximum absolute atomic E-state index is 5.89. The van der Waals surface area contributed by atoms with Crippen molar-refractivity contribution in [1.29, 1.82) is 0 Å². The van der Waals surface area contributed by atoms with Crippen molar-refractivity contribution >= 4 is 40.8 Å². The first-order valence-corrected chi connectivity index (χ1v) is 9.16. The quantitative estimate of drug-likeness (QED) is 0.340. The molecular formula is C21H19ClN3OS+. The average molecular weight is 397 g/mol. The van der Waals surface area contributed by atoms with Crippen molar-refractivity contribution in [2.45, 2.75) is 6.61 Å². The number of ether oxygens (including phenoxy) is 1. The smallest absolute Gasteiger partial charge is 0.228 e. The van der Waals surface area contributed by atoms with E-state index in [4.69, 9.17) is 28.6 Å². The minimum Gasteiger partial charge on any atom is -0.489 e. The third kappa shape index (κ3) is 6.40. The molecule has 0 bridgehead atoms. The van der Waals surface area contributed by atoms with Crippen molar-refractivity contribution < 1.29 is 9.84 Å². The lowest BCUT2D eigenvalue weighted by Crippen LogP contribution is -2.82. The predicted octanol–water partition coefficient (Wildman–Crippen LogP) is 3.32. The van der Waals surface area contributed by atoms with Crippen LogP contribution in [0, 0.1) is 0 Å². The Balaban J connectivity index is 1.51. The summed E-state index contributed by atoms with van der Waals surface area (Å²) < 4.78 is 5.83. The molecule has 0 atom stereocenters. The summed E-state index contributed by atoms with van der Waals surface area (Å²) in [6, 6.07) is 25.1. The van der Waals surface area contributed by atoms with Gasteiger partial charge in [0.05, 0.1) is 0 Å². The normalized spacial score (nSPS) is 10.6. The van der Waals surface area contributed by atoms with Gasteiger partial charge in [-0.1, -0.05) is 48.0 Å². The van der Waals surface area contributed by atoms with Gasteiger partial charge >= 0.3 is 0 Å². The lowest BCUT2D eigenvalue weighted by Gasteiger charge is -2.06. The van der Waals surface area contributed by atoms with Crippen molar-refractivity contribution in [2.75, 3.05) is 5.32 Å². The molecule has 0 aliphatic rings. The molecule has 3 aromatic carbocycles. The molecule has 0 radical (unpaired) electrons. The van der Waals surface area contributed by atoms with Crippen LogP contribution in [-0.4, -0.2) is 11.3 Å². The Hall–Kier alpha value is -2.89. The molecular weight excluding hydrogens is 378 g/mol. The van der Waals surface area contributed by atoms with E-state index >= 15 is 0 Å². The Labute approximate surface area is 168 Å². The van der Waals surface area contributed by atoms with E-state index in [0.717, 1.165) is 22.6 Å². The molecule has 0 fully saturated rings. The van der Waals surface area contributed by atoms with Gasteiger partial charge in [0.2, 0.25) is 5.11 Å². The van der Waals surface area contributed by atoms with Crippen molar-refractivity contribution in [2.24, 2.45) is 0 Å². The molecule has 0 unspecified atom stereocenters. The summed E-state index contributed by atoms with van der Waals surface area (Å²) in [5, 5.41) is 7.26. The Kier molecular flexibility index (Phi) is 6.79. The van der Waals surface area contributed by atoms with Crippen molar-refractivity contribution in [3.05, 3.63) is 95.0 Å². The van der Waals surface area contributed by atoms with Crippen LogP contribution in [0.3, 0.4) is 0 Å². The van der Waals surface area contributed by atoms with Crippen LogP contribution in [-0.2, 0) is 6.61 Å². The van der Waals surface area contributed by atoms with Crippen molar-refractivity contribution in [3.8, 4) is 5.75 Å². The van der Waals surface area contributed by atoms with E-state index in [1.165, 1.54) is 0 Å². The van der Waals surface area contributed by atoms with E-state index in [1.807, 2.05) is 85.1 Å². The Morgan fingerprint density at radius 1 is 1.00 bits per heavy atom. The molecule has 27 heavy (non-hydrogen) atoms. The molecule has 0 heterocycles. The van der Waals surface area contributed by atoms with E-state index in [9.17, 15) is 0 Å². The summed E-state index contributed by atoms with van der Waals surface area (Å²) in [5.74, 6) is 0.783. The number of benzene rings is 3. The first-order chi connectivity index (χ1) is 13.2. The lowest BCUT2D eigenvalue weighted by molar-refractivity contribution is -0.499. The number of hydrogen-bond acceptors (Lipinski definition) is 2. The van der Waals surface area contributed by atoms with E-state index in [-0.39, 0.29) is 0 Å². The van der Waals surface area contributed by atoms with Gasteiger partial charge in [-0.05, 0) is 60.2 Å². The molecule has 0 amide bonds. The minimum atomic E-state index is 0.479. The first-order valence-electron chi connectivity index (χ1n) is 8.37. The van der Waals surface area contributed by atoms with E-state index in [0.29, 0.717) is 16.7 Å². The summed E-state index contributed by atoms with van der Waals surface area (Å²) in [6.45, 7) is 0.484. The van der Waals surface area contributed by atoms with Gasteiger partial charge in [-0.3, -0.25) is 0 Å². The first kappa shape index (κ1) is 18.9. The molecule has 0 aromatic heterocycles. The van der Waals surface area contributed by atoms with Crippen LogP contribution in [0.15, 0.2) is 78.9 Å². The van der Waals surface area contributed by atoms with Crippen LogP contribution < -0.4 is 20.6 Å². The highest BCUT2D eigenvalue weighted by Crippen LogP contribution is 2.15. The van der Waals surface area contributed by atoms with Crippen LogP contribution in [0.2, 0.25) is 5.02 Å².